The lowest BCUT2D eigenvalue weighted by atomic mass is 10.1. The van der Waals surface area contributed by atoms with E-state index in [4.69, 9.17) is 5.73 Å². The molecule has 1 fully saturated rings. The molecule has 1 aliphatic heterocycles. The first-order valence-corrected chi connectivity index (χ1v) is 6.64. The lowest BCUT2D eigenvalue weighted by Crippen LogP contribution is -2.45. The third-order valence-electron chi connectivity index (χ3n) is 3.05. The van der Waals surface area contributed by atoms with Crippen LogP contribution in [0.15, 0.2) is 12.3 Å². The van der Waals surface area contributed by atoms with Gasteiger partial charge in [-0.05, 0) is 13.1 Å². The number of hydrogen-bond donors (Lipinski definition) is 1. The highest BCUT2D eigenvalue weighted by molar-refractivity contribution is 5.57. The van der Waals surface area contributed by atoms with Crippen LogP contribution in [-0.2, 0) is 6.18 Å². The van der Waals surface area contributed by atoms with Gasteiger partial charge in [0.15, 0.2) is 0 Å². The molecule has 1 aliphatic rings. The summed E-state index contributed by atoms with van der Waals surface area (Å²) < 4.78 is 38.8. The van der Waals surface area contributed by atoms with E-state index in [9.17, 15) is 13.2 Å². The summed E-state index contributed by atoms with van der Waals surface area (Å²) in [7, 11) is 1.95. The third-order valence-corrected chi connectivity index (χ3v) is 3.05. The maximum atomic E-state index is 12.9. The van der Waals surface area contributed by atoms with Gasteiger partial charge in [0.05, 0.1) is 17.4 Å². The standard InChI is InChI=1S/C11H15F3N4.C2H6/c1-17-2-4-18(5-3-17)9-7-16-10(15)6-8(9)11(12,13)14;1-2/h6-7H,2-5H2,1H3,(H2,15,16);1-2H3. The predicted octanol–water partition coefficient (Wildman–Crippen LogP) is 2.46. The number of hydrogen-bond acceptors (Lipinski definition) is 4. The van der Waals surface area contributed by atoms with E-state index >= 15 is 0 Å². The maximum Gasteiger partial charge on any atom is 0.418 e. The number of anilines is 2. The Labute approximate surface area is 117 Å². The molecule has 0 unspecified atom stereocenters. The summed E-state index contributed by atoms with van der Waals surface area (Å²) in [5.41, 5.74) is 4.74. The SMILES string of the molecule is CC.CN1CCN(c2cnc(N)cc2C(F)(F)F)CC1. The van der Waals surface area contributed by atoms with Gasteiger partial charge in [0.1, 0.15) is 5.82 Å². The number of nitrogens with zero attached hydrogens (tertiary/aromatic N) is 3. The molecular weight excluding hydrogens is 269 g/mol. The van der Waals surface area contributed by atoms with Crippen molar-refractivity contribution in [2.75, 3.05) is 43.9 Å². The third kappa shape index (κ3) is 4.00. The number of piperazine rings is 1. The van der Waals surface area contributed by atoms with Crippen molar-refractivity contribution in [3.63, 3.8) is 0 Å². The molecule has 0 aromatic carbocycles. The number of aromatic nitrogens is 1. The zero-order chi connectivity index (χ0) is 15.3. The van der Waals surface area contributed by atoms with Crippen LogP contribution in [0.2, 0.25) is 0 Å². The molecule has 0 saturated carbocycles. The second-order valence-corrected chi connectivity index (χ2v) is 4.41. The van der Waals surface area contributed by atoms with E-state index in [1.165, 1.54) is 6.20 Å². The molecule has 2 rings (SSSR count). The number of nitrogens with two attached hydrogens (primary N) is 1. The van der Waals surface area contributed by atoms with Gasteiger partial charge in [0, 0.05) is 26.2 Å². The van der Waals surface area contributed by atoms with Gasteiger partial charge >= 0.3 is 6.18 Å². The zero-order valence-corrected chi connectivity index (χ0v) is 12.0. The number of alkyl halides is 3. The highest BCUT2D eigenvalue weighted by Gasteiger charge is 2.36. The fourth-order valence-corrected chi connectivity index (χ4v) is 1.99. The van der Waals surface area contributed by atoms with Gasteiger partial charge in [-0.2, -0.15) is 13.2 Å². The second kappa shape index (κ2) is 6.78. The largest absolute Gasteiger partial charge is 0.418 e. The van der Waals surface area contributed by atoms with Crippen LogP contribution in [-0.4, -0.2) is 43.1 Å². The minimum Gasteiger partial charge on any atom is -0.384 e. The molecule has 2 heterocycles. The van der Waals surface area contributed by atoms with Crippen molar-refractivity contribution >= 4 is 11.5 Å². The van der Waals surface area contributed by atoms with Crippen LogP contribution in [0, 0.1) is 0 Å². The van der Waals surface area contributed by atoms with Crippen molar-refractivity contribution < 1.29 is 13.2 Å². The fraction of sp³-hybridized carbons (Fsp3) is 0.615. The molecule has 1 aromatic rings. The number of pyridine rings is 1. The normalized spacial score (nSPS) is 16.6. The molecule has 0 amide bonds. The highest BCUT2D eigenvalue weighted by atomic mass is 19.4. The van der Waals surface area contributed by atoms with Crippen molar-refractivity contribution in [3.8, 4) is 0 Å². The summed E-state index contributed by atoms with van der Waals surface area (Å²) in [5.74, 6) is -0.111. The van der Waals surface area contributed by atoms with Gasteiger partial charge in [-0.15, -0.1) is 0 Å². The molecular formula is C13H21F3N4. The molecule has 2 N–H and O–H groups in total. The van der Waals surface area contributed by atoms with Crippen molar-refractivity contribution in [2.24, 2.45) is 0 Å². The summed E-state index contributed by atoms with van der Waals surface area (Å²) in [4.78, 5) is 7.55. The minimum absolute atomic E-state index is 0.111. The van der Waals surface area contributed by atoms with Crippen LogP contribution < -0.4 is 10.6 Å². The lowest BCUT2D eigenvalue weighted by molar-refractivity contribution is -0.137. The van der Waals surface area contributed by atoms with Crippen molar-refractivity contribution in [2.45, 2.75) is 20.0 Å². The summed E-state index contributed by atoms with van der Waals surface area (Å²) >= 11 is 0. The van der Waals surface area contributed by atoms with Gasteiger partial charge in [-0.3, -0.25) is 0 Å². The molecule has 7 heteroatoms. The first-order chi connectivity index (χ1) is 9.38. The van der Waals surface area contributed by atoms with Gasteiger partial charge in [0.25, 0.3) is 0 Å². The average molecular weight is 290 g/mol. The topological polar surface area (TPSA) is 45.4 Å². The molecule has 0 radical (unpaired) electrons. The smallest absolute Gasteiger partial charge is 0.384 e. The molecule has 4 nitrogen and oxygen atoms in total. The van der Waals surface area contributed by atoms with E-state index in [1.54, 1.807) is 4.90 Å². The molecule has 0 bridgehead atoms. The van der Waals surface area contributed by atoms with E-state index in [2.05, 4.69) is 9.88 Å². The van der Waals surface area contributed by atoms with Crippen LogP contribution in [0.4, 0.5) is 24.7 Å². The fourth-order valence-electron chi connectivity index (χ4n) is 1.99. The number of rotatable bonds is 1. The van der Waals surface area contributed by atoms with Gasteiger partial charge < -0.3 is 15.5 Å². The Morgan fingerprint density at radius 3 is 2.20 bits per heavy atom. The summed E-state index contributed by atoms with van der Waals surface area (Å²) in [6.07, 6.45) is -3.20. The van der Waals surface area contributed by atoms with Crippen LogP contribution in [0.25, 0.3) is 0 Å². The quantitative estimate of drug-likeness (QED) is 0.863. The Bertz CT molecular complexity index is 426. The molecule has 1 aromatic heterocycles. The van der Waals surface area contributed by atoms with Crippen LogP contribution in [0.1, 0.15) is 19.4 Å². The van der Waals surface area contributed by atoms with Crippen LogP contribution in [0.3, 0.4) is 0 Å². The highest BCUT2D eigenvalue weighted by Crippen LogP contribution is 2.37. The van der Waals surface area contributed by atoms with E-state index in [1.807, 2.05) is 20.9 Å². The maximum absolute atomic E-state index is 12.9. The predicted molar refractivity (Wildman–Crippen MR) is 74.7 cm³/mol. The van der Waals surface area contributed by atoms with Crippen molar-refractivity contribution in [3.05, 3.63) is 17.8 Å². The second-order valence-electron chi connectivity index (χ2n) is 4.41. The number of halogens is 3. The molecule has 0 spiro atoms. The summed E-state index contributed by atoms with van der Waals surface area (Å²) in [6.45, 7) is 6.60. The number of likely N-dealkylation sites (N-methyl/N-ethyl adjacent to an activating group) is 1. The molecule has 114 valence electrons. The minimum atomic E-state index is -4.41. The van der Waals surface area contributed by atoms with Crippen LogP contribution >= 0.6 is 0 Å². The number of nitrogen functional groups attached to an aromatic ring is 1. The first-order valence-electron chi connectivity index (χ1n) is 6.64. The molecule has 1 saturated heterocycles. The van der Waals surface area contributed by atoms with E-state index < -0.39 is 11.7 Å². The summed E-state index contributed by atoms with van der Waals surface area (Å²) in [6, 6.07) is 0.896. The van der Waals surface area contributed by atoms with E-state index in [0.29, 0.717) is 13.1 Å². The van der Waals surface area contributed by atoms with Crippen LogP contribution in [0.5, 0.6) is 0 Å². The van der Waals surface area contributed by atoms with Gasteiger partial charge in [-0.25, -0.2) is 4.98 Å². The Morgan fingerprint density at radius 2 is 1.70 bits per heavy atom. The Morgan fingerprint density at radius 1 is 1.15 bits per heavy atom. The molecule has 20 heavy (non-hydrogen) atoms. The van der Waals surface area contributed by atoms with Crippen molar-refractivity contribution in [1.29, 1.82) is 0 Å². The van der Waals surface area contributed by atoms with E-state index in [0.717, 1.165) is 19.2 Å². The van der Waals surface area contributed by atoms with Gasteiger partial charge in [-0.1, -0.05) is 13.8 Å². The van der Waals surface area contributed by atoms with Gasteiger partial charge in [0.2, 0.25) is 0 Å². The Hall–Kier alpha value is -1.50. The van der Waals surface area contributed by atoms with E-state index in [-0.39, 0.29) is 11.5 Å². The monoisotopic (exact) mass is 290 g/mol. The lowest BCUT2D eigenvalue weighted by Gasteiger charge is -2.35. The first kappa shape index (κ1) is 16.6. The Balaban J connectivity index is 0.000000956. The molecule has 0 atom stereocenters. The summed E-state index contributed by atoms with van der Waals surface area (Å²) in [5, 5.41) is 0. The van der Waals surface area contributed by atoms with Crippen molar-refractivity contribution in [1.82, 2.24) is 9.88 Å². The zero-order valence-electron chi connectivity index (χ0n) is 12.0. The Kier molecular flexibility index (Phi) is 5.62. The molecule has 0 aliphatic carbocycles. The average Bonchev–Trinajstić information content (AvgIpc) is 2.41.